The Kier molecular flexibility index (Phi) is 14.2. The van der Waals surface area contributed by atoms with Gasteiger partial charge in [-0.05, 0) is 151 Å². The molecular weight excluding hydrogens is 1100 g/mol. The highest BCUT2D eigenvalue weighted by Gasteiger charge is 2.27. The van der Waals surface area contributed by atoms with Gasteiger partial charge in [-0.25, -0.2) is 24.6 Å². The van der Waals surface area contributed by atoms with E-state index in [0.29, 0.717) is 34.4 Å². The van der Waals surface area contributed by atoms with Crippen molar-refractivity contribution in [2.24, 2.45) is 0 Å². The fourth-order valence-corrected chi connectivity index (χ4v) is 12.5. The van der Waals surface area contributed by atoms with E-state index in [1.54, 1.807) is 0 Å². The molecule has 0 fully saturated rings. The molecule has 0 spiro atoms. The van der Waals surface area contributed by atoms with Gasteiger partial charge < -0.3 is 9.13 Å². The summed E-state index contributed by atoms with van der Waals surface area (Å²) in [5.74, 6) is 1.44. The van der Waals surface area contributed by atoms with Gasteiger partial charge >= 0.3 is 0 Å². The summed E-state index contributed by atoms with van der Waals surface area (Å²) in [5.41, 5.74) is 20.4. The van der Waals surface area contributed by atoms with E-state index < -0.39 is 0 Å². The summed E-state index contributed by atoms with van der Waals surface area (Å²) in [5, 5.41) is 14.9. The number of nitrogens with zero attached hydrogens (tertiary/aromatic N) is 8. The number of fused-ring (bicyclic) bond motifs is 6. The molecule has 3 aromatic heterocycles. The first-order valence-electron chi connectivity index (χ1n) is 30.8. The summed E-state index contributed by atoms with van der Waals surface area (Å²) in [6.45, 7) is 43.0. The highest BCUT2D eigenvalue weighted by molar-refractivity contribution is 6.12. The van der Waals surface area contributed by atoms with Crippen LogP contribution in [0.25, 0.3) is 132 Å². The van der Waals surface area contributed by atoms with Crippen LogP contribution in [0.2, 0.25) is 0 Å². The maximum Gasteiger partial charge on any atom is 0.187 e. The molecule has 0 saturated carbocycles. The van der Waals surface area contributed by atoms with Crippen molar-refractivity contribution in [3.05, 3.63) is 257 Å². The second-order valence-electron chi connectivity index (χ2n) is 28.0. The molecule has 8 heteroatoms. The molecule has 8 nitrogen and oxygen atoms in total. The zero-order valence-electron chi connectivity index (χ0n) is 53.2. The highest BCUT2D eigenvalue weighted by Crippen LogP contribution is 2.45. The van der Waals surface area contributed by atoms with Crippen LogP contribution in [0.15, 0.2) is 206 Å². The van der Waals surface area contributed by atoms with Crippen LogP contribution >= 0.6 is 0 Å². The van der Waals surface area contributed by atoms with E-state index in [1.807, 2.05) is 72.8 Å². The lowest BCUT2D eigenvalue weighted by atomic mass is 9.85. The van der Waals surface area contributed by atoms with Crippen LogP contribution in [0.5, 0.6) is 0 Å². The summed E-state index contributed by atoms with van der Waals surface area (Å²) in [6, 6.07) is 74.4. The maximum atomic E-state index is 10.3. The minimum Gasteiger partial charge on any atom is -0.309 e. The van der Waals surface area contributed by atoms with E-state index in [4.69, 9.17) is 28.1 Å². The third kappa shape index (κ3) is 10.7. The van der Waals surface area contributed by atoms with Crippen LogP contribution in [0.1, 0.15) is 111 Å². The number of nitriles is 1. The third-order valence-electron chi connectivity index (χ3n) is 17.7. The Hall–Kier alpha value is -10.7. The Morgan fingerprint density at radius 1 is 0.333 bits per heavy atom. The normalized spacial score (nSPS) is 12.2. The number of rotatable bonds is 8. The van der Waals surface area contributed by atoms with Crippen molar-refractivity contribution < 1.29 is 0 Å². The molecule has 0 N–H and O–H groups in total. The van der Waals surface area contributed by atoms with Gasteiger partial charge in [-0.15, -0.1) is 0 Å². The van der Waals surface area contributed by atoms with Crippen molar-refractivity contribution in [3.63, 3.8) is 0 Å². The summed E-state index contributed by atoms with van der Waals surface area (Å²) in [4.78, 5) is 24.0. The Balaban J connectivity index is 1.09. The number of hydrogen-bond acceptors (Lipinski definition) is 4. The monoisotopic (exact) mass is 1170 g/mol. The molecule has 3 heterocycles. The molecule has 0 bridgehead atoms. The van der Waals surface area contributed by atoms with E-state index in [1.165, 1.54) is 22.3 Å². The van der Waals surface area contributed by atoms with E-state index in [9.17, 15) is 5.26 Å². The molecule has 0 radical (unpaired) electrons. The fourth-order valence-electron chi connectivity index (χ4n) is 12.5. The van der Waals surface area contributed by atoms with Crippen molar-refractivity contribution >= 4 is 55.0 Å². The van der Waals surface area contributed by atoms with E-state index in [2.05, 4.69) is 241 Å². The van der Waals surface area contributed by atoms with Crippen LogP contribution in [0.4, 0.5) is 11.4 Å². The number of benzene rings is 10. The fraction of sp³-hybridized carbons (Fsp3) is 0.195. The van der Waals surface area contributed by atoms with Gasteiger partial charge in [0.05, 0.1) is 58.2 Å². The largest absolute Gasteiger partial charge is 0.309 e. The molecule has 90 heavy (non-hydrogen) atoms. The predicted octanol–water partition coefficient (Wildman–Crippen LogP) is 22.2. The maximum absolute atomic E-state index is 10.3. The second-order valence-corrected chi connectivity index (χ2v) is 28.0. The second kappa shape index (κ2) is 21.8. The van der Waals surface area contributed by atoms with Crippen molar-refractivity contribution in [2.45, 2.75) is 105 Å². The lowest BCUT2D eigenvalue weighted by Gasteiger charge is -2.20. The lowest BCUT2D eigenvalue weighted by molar-refractivity contribution is 0.590. The van der Waals surface area contributed by atoms with Gasteiger partial charge in [0.2, 0.25) is 0 Å². The van der Waals surface area contributed by atoms with Gasteiger partial charge in [0, 0.05) is 49.4 Å². The first kappa shape index (κ1) is 58.3. The Bertz CT molecular complexity index is 4780. The molecule has 0 atom stereocenters. The number of hydrogen-bond donors (Lipinski definition) is 0. The first-order chi connectivity index (χ1) is 42.9. The molecule has 13 aromatic rings. The summed E-state index contributed by atoms with van der Waals surface area (Å²) in [6.07, 6.45) is 0. The van der Waals surface area contributed by atoms with Crippen LogP contribution in [0, 0.1) is 24.5 Å². The average Bonchev–Trinajstić information content (AvgIpc) is 1.57. The number of aromatic nitrogens is 5. The summed E-state index contributed by atoms with van der Waals surface area (Å²) < 4.78 is 4.76. The zero-order chi connectivity index (χ0) is 63.2. The van der Waals surface area contributed by atoms with Crippen LogP contribution in [-0.2, 0) is 21.7 Å². The van der Waals surface area contributed by atoms with Gasteiger partial charge in [0.15, 0.2) is 28.8 Å². The third-order valence-corrected chi connectivity index (χ3v) is 17.7. The lowest BCUT2D eigenvalue weighted by Crippen LogP contribution is -2.10. The SMILES string of the molecule is [C-]#[N+]c1cccc(-c2ccc(-c3nc(-c4ccc(-c5cccc(C#N)c5)c(-n5c6ccc(C(C)(C)C)cc6c6cc(C(C)(C)C)ccc65)c4)nc(-c4ccc(-c5cccc([N+]#[C-])c5)c(-n5c6ccc(C(C)(C)C)cc6c6cc(C(C)(C)C)ccc65)c4)n3)cc2)c1. The summed E-state index contributed by atoms with van der Waals surface area (Å²) >= 11 is 0. The predicted molar refractivity (Wildman–Crippen MR) is 373 cm³/mol. The van der Waals surface area contributed by atoms with Gasteiger partial charge in [-0.1, -0.05) is 204 Å². The Labute approximate surface area is 528 Å². The van der Waals surface area contributed by atoms with E-state index in [0.717, 1.165) is 105 Å². The van der Waals surface area contributed by atoms with Gasteiger partial charge in [-0.3, -0.25) is 0 Å². The molecular formula is C82H70N8. The smallest absolute Gasteiger partial charge is 0.187 e. The van der Waals surface area contributed by atoms with Gasteiger partial charge in [0.1, 0.15) is 0 Å². The molecule has 0 amide bonds. The van der Waals surface area contributed by atoms with Crippen LogP contribution < -0.4 is 0 Å². The van der Waals surface area contributed by atoms with Crippen LogP contribution in [0.3, 0.4) is 0 Å². The molecule has 0 aliphatic rings. The quantitative estimate of drug-likeness (QED) is 0.142. The van der Waals surface area contributed by atoms with E-state index in [-0.39, 0.29) is 21.7 Å². The first-order valence-corrected chi connectivity index (χ1v) is 30.8. The average molecular weight is 1170 g/mol. The summed E-state index contributed by atoms with van der Waals surface area (Å²) in [7, 11) is 0. The minimum absolute atomic E-state index is 0.0905. The van der Waals surface area contributed by atoms with E-state index >= 15 is 0 Å². The molecule has 10 aromatic carbocycles. The molecule has 0 unspecified atom stereocenters. The van der Waals surface area contributed by atoms with Crippen molar-refractivity contribution in [1.82, 2.24) is 24.1 Å². The van der Waals surface area contributed by atoms with Crippen molar-refractivity contribution in [2.75, 3.05) is 0 Å². The van der Waals surface area contributed by atoms with Gasteiger partial charge in [0.25, 0.3) is 0 Å². The standard InChI is InChI=1S/C82H70N8/c1-79(2,3)58-30-36-70-66(45-58)67-46-59(80(4,5)6)31-37-71(67)89(70)74-43-56(28-34-64(74)54-20-15-18-50(40-54)49-83)77-86-76(52-26-24-51(25-27-52)53-19-16-22-62(41-53)84-13)87-78(88-77)57-29-35-65(55-21-17-23-63(42-55)85-14)75(44-57)90-72-38-32-60(81(7,8)9)47-68(72)69-48-61(82(10,11)12)33-39-73(69)90/h15-48H,1-12H3. The topological polar surface area (TPSA) is 81.0 Å². The molecule has 0 aliphatic carbocycles. The zero-order valence-corrected chi connectivity index (χ0v) is 53.2. The molecule has 0 aliphatic heterocycles. The van der Waals surface area contributed by atoms with Gasteiger partial charge in [-0.2, -0.15) is 5.26 Å². The Morgan fingerprint density at radius 2 is 0.667 bits per heavy atom. The molecule has 13 rings (SSSR count). The highest BCUT2D eigenvalue weighted by atomic mass is 15.0. The minimum atomic E-state index is -0.0919. The molecule has 438 valence electrons. The van der Waals surface area contributed by atoms with Crippen LogP contribution in [-0.4, -0.2) is 24.1 Å². The van der Waals surface area contributed by atoms with Crippen molar-refractivity contribution in [1.29, 1.82) is 5.26 Å². The Morgan fingerprint density at radius 3 is 1.04 bits per heavy atom. The molecule has 0 saturated heterocycles. The van der Waals surface area contributed by atoms with Crippen molar-refractivity contribution in [3.8, 4) is 85.0 Å².